The van der Waals surface area contributed by atoms with Gasteiger partial charge in [-0.2, -0.15) is 0 Å². The van der Waals surface area contributed by atoms with Gasteiger partial charge in [0.25, 0.3) is 0 Å². The molecule has 1 aromatic carbocycles. The number of halogens is 1. The second-order valence-electron chi connectivity index (χ2n) is 9.89. The van der Waals surface area contributed by atoms with Crippen LogP contribution in [0.15, 0.2) is 34.1 Å². The van der Waals surface area contributed by atoms with Gasteiger partial charge in [0.15, 0.2) is 11.5 Å². The van der Waals surface area contributed by atoms with Crippen molar-refractivity contribution in [3.63, 3.8) is 0 Å². The molecule has 8 heteroatoms. The standard InChI is InChI=1S/C25H27BrN2O4S/c1-27-10-9-24-21-14-3-5-18(29)22(21)32-23(24)17(7-8-25(24,31)19(27)11-14)28(2)20(30)6-4-16-12-15(26)13-33-16/h3-6,12-13,17,19,23,29,31H,7-11H2,1-2H3/b6-4+/t17-,19+,23-,24-,25+/m0/s1. The zero-order chi connectivity index (χ0) is 23.1. The van der Waals surface area contributed by atoms with E-state index in [4.69, 9.17) is 4.74 Å². The second kappa shape index (κ2) is 7.31. The lowest BCUT2D eigenvalue weighted by Crippen LogP contribution is -2.77. The fraction of sp³-hybridized carbons (Fsp3) is 0.480. The van der Waals surface area contributed by atoms with E-state index in [-0.39, 0.29) is 23.7 Å². The Morgan fingerprint density at radius 1 is 1.39 bits per heavy atom. The Bertz CT molecular complexity index is 1180. The van der Waals surface area contributed by atoms with Gasteiger partial charge in [-0.3, -0.25) is 4.79 Å². The van der Waals surface area contributed by atoms with E-state index in [0.29, 0.717) is 18.6 Å². The smallest absolute Gasteiger partial charge is 0.246 e. The van der Waals surface area contributed by atoms with Crippen molar-refractivity contribution in [2.24, 2.45) is 0 Å². The Balaban J connectivity index is 1.39. The van der Waals surface area contributed by atoms with Crippen molar-refractivity contribution in [1.82, 2.24) is 9.80 Å². The summed E-state index contributed by atoms with van der Waals surface area (Å²) >= 11 is 5.02. The number of hydrogen-bond acceptors (Lipinski definition) is 6. The number of phenolic OH excluding ortho intramolecular Hbond substituents is 1. The number of likely N-dealkylation sites (tertiary alicyclic amines) is 1. The molecule has 174 valence electrons. The molecule has 2 aliphatic heterocycles. The first-order valence-corrected chi connectivity index (χ1v) is 13.1. The summed E-state index contributed by atoms with van der Waals surface area (Å²) in [4.78, 5) is 18.2. The van der Waals surface area contributed by atoms with Crippen molar-refractivity contribution in [2.75, 3.05) is 20.6 Å². The molecule has 2 N–H and O–H groups in total. The molecule has 0 unspecified atom stereocenters. The number of hydrogen-bond donors (Lipinski definition) is 2. The lowest BCUT2D eigenvalue weighted by Gasteiger charge is -2.64. The first kappa shape index (κ1) is 21.6. The van der Waals surface area contributed by atoms with Crippen LogP contribution >= 0.6 is 27.3 Å². The summed E-state index contributed by atoms with van der Waals surface area (Å²) in [5, 5.41) is 24.9. The molecule has 0 radical (unpaired) electrons. The van der Waals surface area contributed by atoms with Crippen LogP contribution in [0.5, 0.6) is 11.5 Å². The third-order valence-electron chi connectivity index (χ3n) is 8.52. The molecule has 6 rings (SSSR count). The third-order valence-corrected chi connectivity index (χ3v) is 10.2. The Hall–Kier alpha value is -1.87. The van der Waals surface area contributed by atoms with E-state index < -0.39 is 17.1 Å². The topological polar surface area (TPSA) is 73.2 Å². The highest BCUT2D eigenvalue weighted by molar-refractivity contribution is 9.10. The van der Waals surface area contributed by atoms with Gasteiger partial charge in [0.2, 0.25) is 5.91 Å². The molecule has 2 aliphatic carbocycles. The number of aliphatic hydroxyl groups is 1. The minimum absolute atomic E-state index is 0.000489. The van der Waals surface area contributed by atoms with E-state index in [1.165, 1.54) is 0 Å². The predicted molar refractivity (Wildman–Crippen MR) is 131 cm³/mol. The van der Waals surface area contributed by atoms with Gasteiger partial charge in [0.1, 0.15) is 6.10 Å². The lowest BCUT2D eigenvalue weighted by molar-refractivity contribution is -0.195. The number of rotatable bonds is 3. The number of carbonyl (C=O) groups is 1. The summed E-state index contributed by atoms with van der Waals surface area (Å²) in [5.41, 5.74) is 0.551. The average Bonchev–Trinajstić information content (AvgIpc) is 3.36. The second-order valence-corrected chi connectivity index (χ2v) is 11.7. The normalized spacial score (nSPS) is 34.2. The molecule has 1 aromatic heterocycles. The molecule has 3 heterocycles. The minimum atomic E-state index is -0.948. The number of phenols is 1. The number of likely N-dealkylation sites (N-methyl/N-ethyl adjacent to an activating group) is 2. The summed E-state index contributed by atoms with van der Waals surface area (Å²) in [6, 6.07) is 5.47. The van der Waals surface area contributed by atoms with Gasteiger partial charge < -0.3 is 24.7 Å². The number of thiophene rings is 1. The first-order valence-electron chi connectivity index (χ1n) is 11.4. The maximum atomic E-state index is 13.2. The van der Waals surface area contributed by atoms with Crippen LogP contribution in [0.3, 0.4) is 0 Å². The van der Waals surface area contributed by atoms with Gasteiger partial charge in [-0.25, -0.2) is 0 Å². The maximum Gasteiger partial charge on any atom is 0.246 e. The van der Waals surface area contributed by atoms with Crippen LogP contribution in [0.2, 0.25) is 0 Å². The molecule has 1 amide bonds. The highest BCUT2D eigenvalue weighted by atomic mass is 79.9. The molecule has 1 saturated carbocycles. The Morgan fingerprint density at radius 2 is 2.21 bits per heavy atom. The highest BCUT2D eigenvalue weighted by Gasteiger charge is 2.73. The molecule has 4 aliphatic rings. The van der Waals surface area contributed by atoms with E-state index in [9.17, 15) is 15.0 Å². The summed E-state index contributed by atoms with van der Waals surface area (Å²) < 4.78 is 7.51. The summed E-state index contributed by atoms with van der Waals surface area (Å²) in [7, 11) is 3.91. The van der Waals surface area contributed by atoms with Gasteiger partial charge in [0.05, 0.1) is 17.1 Å². The van der Waals surface area contributed by atoms with Gasteiger partial charge in [-0.05, 0) is 79.0 Å². The predicted octanol–water partition coefficient (Wildman–Crippen LogP) is 3.54. The van der Waals surface area contributed by atoms with Crippen molar-refractivity contribution >= 4 is 39.2 Å². The van der Waals surface area contributed by atoms with E-state index in [2.05, 4.69) is 27.9 Å². The summed E-state index contributed by atoms with van der Waals surface area (Å²) in [6.45, 7) is 0.846. The zero-order valence-corrected chi connectivity index (χ0v) is 21.0. The number of ether oxygens (including phenoxy) is 1. The minimum Gasteiger partial charge on any atom is -0.504 e. The summed E-state index contributed by atoms with van der Waals surface area (Å²) in [6.07, 6.45) is 5.78. The van der Waals surface area contributed by atoms with Crippen LogP contribution in [-0.2, 0) is 16.6 Å². The van der Waals surface area contributed by atoms with Crippen molar-refractivity contribution in [3.8, 4) is 11.5 Å². The molecule has 1 saturated heterocycles. The molecular weight excluding hydrogens is 504 g/mol. The number of aromatic hydroxyl groups is 1. The van der Waals surface area contributed by atoms with E-state index >= 15 is 0 Å². The Labute approximate surface area is 205 Å². The molecular formula is C25H27BrN2O4S. The van der Waals surface area contributed by atoms with Crippen LogP contribution in [0.25, 0.3) is 6.08 Å². The van der Waals surface area contributed by atoms with E-state index in [1.807, 2.05) is 30.6 Å². The van der Waals surface area contributed by atoms with Crippen LogP contribution in [-0.4, -0.2) is 70.3 Å². The molecule has 33 heavy (non-hydrogen) atoms. The van der Waals surface area contributed by atoms with Crippen LogP contribution in [0, 0.1) is 0 Å². The number of piperidine rings is 1. The van der Waals surface area contributed by atoms with Crippen LogP contribution in [0.1, 0.15) is 35.3 Å². The van der Waals surface area contributed by atoms with Crippen LogP contribution < -0.4 is 4.74 Å². The van der Waals surface area contributed by atoms with Crippen molar-refractivity contribution < 1.29 is 19.7 Å². The van der Waals surface area contributed by atoms with E-state index in [0.717, 1.165) is 39.9 Å². The first-order chi connectivity index (χ1) is 15.8. The Morgan fingerprint density at radius 3 is 2.97 bits per heavy atom. The number of nitrogens with zero attached hydrogens (tertiary/aromatic N) is 2. The molecule has 2 aromatic rings. The molecule has 5 atom stereocenters. The van der Waals surface area contributed by atoms with Gasteiger partial charge in [0, 0.05) is 39.5 Å². The average molecular weight is 531 g/mol. The van der Waals surface area contributed by atoms with Gasteiger partial charge >= 0.3 is 0 Å². The molecule has 2 fully saturated rings. The van der Waals surface area contributed by atoms with Crippen molar-refractivity contribution in [3.05, 3.63) is 50.1 Å². The summed E-state index contributed by atoms with van der Waals surface area (Å²) in [5.74, 6) is 0.537. The largest absolute Gasteiger partial charge is 0.504 e. The van der Waals surface area contributed by atoms with Crippen molar-refractivity contribution in [2.45, 2.75) is 54.9 Å². The highest BCUT2D eigenvalue weighted by Crippen LogP contribution is 2.65. The monoisotopic (exact) mass is 530 g/mol. The van der Waals surface area contributed by atoms with Crippen LogP contribution in [0.4, 0.5) is 0 Å². The zero-order valence-electron chi connectivity index (χ0n) is 18.6. The quantitative estimate of drug-likeness (QED) is 0.593. The number of carbonyl (C=O) groups excluding carboxylic acids is 1. The Kier molecular flexibility index (Phi) is 4.80. The third kappa shape index (κ3) is 2.81. The molecule has 1 spiro atoms. The maximum absolute atomic E-state index is 13.2. The van der Waals surface area contributed by atoms with Gasteiger partial charge in [-0.1, -0.05) is 6.07 Å². The molecule has 2 bridgehead atoms. The number of amides is 1. The lowest BCUT2D eigenvalue weighted by atomic mass is 9.48. The number of benzene rings is 1. The van der Waals surface area contributed by atoms with Gasteiger partial charge in [-0.15, -0.1) is 11.3 Å². The van der Waals surface area contributed by atoms with E-state index in [1.54, 1.807) is 28.4 Å². The fourth-order valence-electron chi connectivity index (χ4n) is 6.97. The van der Waals surface area contributed by atoms with Crippen molar-refractivity contribution in [1.29, 1.82) is 0 Å². The fourth-order valence-corrected chi connectivity index (χ4v) is 8.31. The SMILES string of the molecule is CN1CC[C@]23c4c5ccc(O)c4O[C@H]2[C@@H](N(C)C(=O)/C=C/c2cc(Br)cs2)CC[C@@]3(O)[C@H]1C5. The molecule has 6 nitrogen and oxygen atoms in total.